The summed E-state index contributed by atoms with van der Waals surface area (Å²) in [5, 5.41) is 1.16. The lowest BCUT2D eigenvalue weighted by molar-refractivity contribution is 0.253. The van der Waals surface area contributed by atoms with E-state index in [1.54, 1.807) is 20.3 Å². The molecule has 2 aromatic heterocycles. The minimum absolute atomic E-state index is 0.513. The molecule has 1 aliphatic rings. The van der Waals surface area contributed by atoms with Crippen LogP contribution in [-0.2, 0) is 6.42 Å². The smallest absolute Gasteiger partial charge is 0.232 e. The van der Waals surface area contributed by atoms with E-state index in [9.17, 15) is 0 Å². The van der Waals surface area contributed by atoms with Gasteiger partial charge in [-0.25, -0.2) is 4.85 Å². The maximum Gasteiger partial charge on any atom is 0.232 e. The fourth-order valence-electron chi connectivity index (χ4n) is 3.85. The Morgan fingerprint density at radius 1 is 1.07 bits per heavy atom. The molecule has 1 N–H and O–H groups in total. The van der Waals surface area contributed by atoms with Crippen LogP contribution in [0.1, 0.15) is 12.0 Å². The number of hydrogen-bond acceptors (Lipinski definition) is 6. The molecule has 0 bridgehead atoms. The molecule has 0 saturated carbocycles. The van der Waals surface area contributed by atoms with Gasteiger partial charge in [-0.1, -0.05) is 6.07 Å². The fraction of sp³-hybridized carbons (Fsp3) is 0.409. The van der Waals surface area contributed by atoms with Crippen LogP contribution in [0.5, 0.6) is 11.8 Å². The summed E-state index contributed by atoms with van der Waals surface area (Å²) in [5.41, 5.74) is 3.07. The van der Waals surface area contributed by atoms with E-state index in [0.717, 1.165) is 56.5 Å². The van der Waals surface area contributed by atoms with Crippen LogP contribution < -0.4 is 14.4 Å². The lowest BCUT2D eigenvalue weighted by atomic mass is 10.1. The Bertz CT molecular complexity index is 1030. The molecule has 8 nitrogen and oxygen atoms in total. The number of methoxy groups -OCH3 is 2. The second kappa shape index (κ2) is 9.01. The third-order valence-corrected chi connectivity index (χ3v) is 5.54. The fourth-order valence-corrected chi connectivity index (χ4v) is 3.85. The molecule has 1 saturated heterocycles. The SMILES string of the molecule is [C-]#[N+]c1ccc2[nH]cc(CCCN3CCN(c4nc(OC)cc(OC)n4)CC3)c2c1. The van der Waals surface area contributed by atoms with Gasteiger partial charge in [0.2, 0.25) is 17.7 Å². The number of aromatic nitrogens is 3. The molecule has 0 atom stereocenters. The highest BCUT2D eigenvalue weighted by Gasteiger charge is 2.20. The van der Waals surface area contributed by atoms with Crippen molar-refractivity contribution in [2.75, 3.05) is 51.8 Å². The number of hydrogen-bond donors (Lipinski definition) is 1. The zero-order valence-corrected chi connectivity index (χ0v) is 17.4. The van der Waals surface area contributed by atoms with Crippen molar-refractivity contribution in [1.29, 1.82) is 0 Å². The van der Waals surface area contributed by atoms with Gasteiger partial charge < -0.3 is 19.4 Å². The predicted octanol–water partition coefficient (Wildman–Crippen LogP) is 3.28. The van der Waals surface area contributed by atoms with Crippen molar-refractivity contribution in [3.63, 3.8) is 0 Å². The number of aromatic amines is 1. The lowest BCUT2D eigenvalue weighted by Crippen LogP contribution is -2.47. The zero-order valence-electron chi connectivity index (χ0n) is 17.4. The highest BCUT2D eigenvalue weighted by Crippen LogP contribution is 2.25. The maximum absolute atomic E-state index is 7.22. The number of aryl methyl sites for hydroxylation is 1. The summed E-state index contributed by atoms with van der Waals surface area (Å²) in [6.07, 6.45) is 4.15. The Kier molecular flexibility index (Phi) is 6.00. The van der Waals surface area contributed by atoms with Crippen LogP contribution in [0, 0.1) is 6.57 Å². The first-order valence-electron chi connectivity index (χ1n) is 10.1. The van der Waals surface area contributed by atoms with Crippen molar-refractivity contribution in [3.8, 4) is 11.8 Å². The highest BCUT2D eigenvalue weighted by atomic mass is 16.5. The van der Waals surface area contributed by atoms with Gasteiger partial charge in [-0.2, -0.15) is 9.97 Å². The molecule has 3 heterocycles. The Hall–Kier alpha value is -3.31. The van der Waals surface area contributed by atoms with Gasteiger partial charge in [0, 0.05) is 37.9 Å². The van der Waals surface area contributed by atoms with Crippen LogP contribution in [0.25, 0.3) is 15.7 Å². The van der Waals surface area contributed by atoms with Gasteiger partial charge in [-0.3, -0.25) is 4.90 Å². The second-order valence-electron chi connectivity index (χ2n) is 7.34. The molecule has 0 radical (unpaired) electrons. The average Bonchev–Trinajstić information content (AvgIpc) is 3.21. The first kappa shape index (κ1) is 20.0. The highest BCUT2D eigenvalue weighted by molar-refractivity contribution is 5.86. The summed E-state index contributed by atoms with van der Waals surface area (Å²) < 4.78 is 10.5. The van der Waals surface area contributed by atoms with Crippen molar-refractivity contribution < 1.29 is 9.47 Å². The van der Waals surface area contributed by atoms with Crippen LogP contribution in [0.15, 0.2) is 30.5 Å². The first-order valence-corrected chi connectivity index (χ1v) is 10.1. The molecular formula is C22H26N6O2. The molecule has 1 aliphatic heterocycles. The molecule has 1 aromatic carbocycles. The average molecular weight is 406 g/mol. The Morgan fingerprint density at radius 2 is 1.80 bits per heavy atom. The normalized spacial score (nSPS) is 14.6. The van der Waals surface area contributed by atoms with Crippen LogP contribution in [0.2, 0.25) is 0 Å². The van der Waals surface area contributed by atoms with Crippen LogP contribution >= 0.6 is 0 Å². The zero-order chi connectivity index (χ0) is 20.9. The number of fused-ring (bicyclic) bond motifs is 1. The van der Waals surface area contributed by atoms with Crippen LogP contribution in [0.4, 0.5) is 11.6 Å². The van der Waals surface area contributed by atoms with E-state index in [4.69, 9.17) is 16.0 Å². The molecule has 4 rings (SSSR count). The molecule has 0 unspecified atom stereocenters. The van der Waals surface area contributed by atoms with Crippen LogP contribution in [-0.4, -0.2) is 66.8 Å². The number of piperazine rings is 1. The number of ether oxygens (including phenoxy) is 2. The Labute approximate surface area is 176 Å². The monoisotopic (exact) mass is 406 g/mol. The summed E-state index contributed by atoms with van der Waals surface area (Å²) in [7, 11) is 3.19. The maximum atomic E-state index is 7.22. The van der Waals surface area contributed by atoms with Gasteiger partial charge in [0.25, 0.3) is 0 Å². The minimum Gasteiger partial charge on any atom is -0.481 e. The lowest BCUT2D eigenvalue weighted by Gasteiger charge is -2.34. The minimum atomic E-state index is 0.513. The molecule has 3 aromatic rings. The van der Waals surface area contributed by atoms with Gasteiger partial charge in [0.1, 0.15) is 0 Å². The molecule has 30 heavy (non-hydrogen) atoms. The summed E-state index contributed by atoms with van der Waals surface area (Å²) in [5.74, 6) is 1.68. The summed E-state index contributed by atoms with van der Waals surface area (Å²) >= 11 is 0. The molecule has 0 spiro atoms. The number of anilines is 1. The Morgan fingerprint density at radius 3 is 2.47 bits per heavy atom. The van der Waals surface area contributed by atoms with E-state index in [1.165, 1.54) is 5.56 Å². The van der Waals surface area contributed by atoms with Crippen molar-refractivity contribution >= 4 is 22.5 Å². The molecule has 0 aliphatic carbocycles. The standard InChI is InChI=1S/C22H26N6O2/c1-23-17-6-7-19-18(13-17)16(15-24-19)5-4-8-27-9-11-28(12-10-27)22-25-20(29-2)14-21(26-22)30-3/h6-7,13-15,24H,4-5,8-12H2,2-3H3. The number of H-pyrrole nitrogens is 1. The number of rotatable bonds is 7. The van der Waals surface area contributed by atoms with Gasteiger partial charge in [-0.15, -0.1) is 0 Å². The van der Waals surface area contributed by atoms with Crippen molar-refractivity contribution in [1.82, 2.24) is 19.9 Å². The van der Waals surface area contributed by atoms with E-state index in [-0.39, 0.29) is 0 Å². The van der Waals surface area contributed by atoms with Gasteiger partial charge >= 0.3 is 0 Å². The third kappa shape index (κ3) is 4.31. The van der Waals surface area contributed by atoms with E-state index in [1.807, 2.05) is 18.2 Å². The van der Waals surface area contributed by atoms with E-state index in [0.29, 0.717) is 23.4 Å². The summed E-state index contributed by atoms with van der Waals surface area (Å²) in [6, 6.07) is 7.51. The molecule has 8 heteroatoms. The molecular weight excluding hydrogens is 380 g/mol. The van der Waals surface area contributed by atoms with Crippen molar-refractivity contribution in [3.05, 3.63) is 47.4 Å². The summed E-state index contributed by atoms with van der Waals surface area (Å²) in [6.45, 7) is 12.0. The largest absolute Gasteiger partial charge is 0.481 e. The number of nitrogens with one attached hydrogen (secondary N) is 1. The quantitative estimate of drug-likeness (QED) is 0.607. The van der Waals surface area contributed by atoms with Crippen molar-refractivity contribution in [2.45, 2.75) is 12.8 Å². The molecule has 1 fully saturated rings. The topological polar surface area (TPSA) is 70.9 Å². The molecule has 0 amide bonds. The number of benzene rings is 1. The second-order valence-corrected chi connectivity index (χ2v) is 7.34. The van der Waals surface area contributed by atoms with Gasteiger partial charge in [0.05, 0.1) is 26.9 Å². The third-order valence-electron chi connectivity index (χ3n) is 5.54. The van der Waals surface area contributed by atoms with Crippen LogP contribution in [0.3, 0.4) is 0 Å². The van der Waals surface area contributed by atoms with E-state index in [2.05, 4.69) is 35.8 Å². The van der Waals surface area contributed by atoms with E-state index >= 15 is 0 Å². The molecule has 156 valence electrons. The predicted molar refractivity (Wildman–Crippen MR) is 117 cm³/mol. The Balaban J connectivity index is 1.30. The van der Waals surface area contributed by atoms with Gasteiger partial charge in [-0.05, 0) is 42.5 Å². The first-order chi connectivity index (χ1) is 14.7. The number of nitrogens with zero attached hydrogens (tertiary/aromatic N) is 5. The summed E-state index contributed by atoms with van der Waals surface area (Å²) in [4.78, 5) is 20.4. The van der Waals surface area contributed by atoms with E-state index < -0.39 is 0 Å². The van der Waals surface area contributed by atoms with Crippen molar-refractivity contribution in [2.24, 2.45) is 0 Å². The van der Waals surface area contributed by atoms with Gasteiger partial charge in [0.15, 0.2) is 5.69 Å².